The third kappa shape index (κ3) is 1.84. The molecule has 0 radical (unpaired) electrons. The Morgan fingerprint density at radius 3 is 2.20 bits per heavy atom. The molecule has 4 saturated carbocycles. The van der Waals surface area contributed by atoms with Crippen LogP contribution in [0, 0.1) is 22.0 Å². The maximum atomic E-state index is 10.8. The predicted molar refractivity (Wildman–Crippen MR) is 81.1 cm³/mol. The monoisotopic (exact) mass is 335 g/mol. The number of benzene rings is 1. The van der Waals surface area contributed by atoms with Crippen molar-refractivity contribution in [1.29, 1.82) is 0 Å². The van der Waals surface area contributed by atoms with Crippen molar-refractivity contribution in [3.8, 4) is 0 Å². The maximum Gasteiger partial charge on any atom is 0.269 e. The van der Waals surface area contributed by atoms with E-state index in [-0.39, 0.29) is 16.0 Å². The van der Waals surface area contributed by atoms with Gasteiger partial charge in [-0.05, 0) is 61.3 Å². The topological polar surface area (TPSA) is 43.1 Å². The number of nitrogens with zero attached hydrogens (tertiary/aromatic N) is 1. The van der Waals surface area contributed by atoms with Gasteiger partial charge in [0.1, 0.15) is 0 Å². The van der Waals surface area contributed by atoms with E-state index in [1.807, 2.05) is 12.1 Å². The highest BCUT2D eigenvalue weighted by Gasteiger charge is 2.57. The summed E-state index contributed by atoms with van der Waals surface area (Å²) in [4.78, 5) is 10.5. The smallest absolute Gasteiger partial charge is 0.258 e. The summed E-state index contributed by atoms with van der Waals surface area (Å²) in [5.41, 5.74) is 1.79. The van der Waals surface area contributed by atoms with Gasteiger partial charge in [0.05, 0.1) is 4.92 Å². The Balaban J connectivity index is 1.72. The average molecular weight is 336 g/mol. The number of hydrogen-bond donors (Lipinski definition) is 0. The van der Waals surface area contributed by atoms with Crippen molar-refractivity contribution in [2.45, 2.75) is 48.3 Å². The molecule has 5 rings (SSSR count). The molecule has 20 heavy (non-hydrogen) atoms. The average Bonchev–Trinajstić information content (AvgIpc) is 2.36. The summed E-state index contributed by atoms with van der Waals surface area (Å²) < 4.78 is 0.332. The van der Waals surface area contributed by atoms with Crippen LogP contribution < -0.4 is 0 Å². The van der Waals surface area contributed by atoms with E-state index in [1.54, 1.807) is 12.1 Å². The third-order valence-corrected chi connectivity index (χ3v) is 6.61. The minimum Gasteiger partial charge on any atom is -0.258 e. The lowest BCUT2D eigenvalue weighted by atomic mass is 9.48. The molecule has 106 valence electrons. The molecule has 0 aliphatic heterocycles. The van der Waals surface area contributed by atoms with Crippen LogP contribution in [0.15, 0.2) is 24.3 Å². The highest BCUT2D eigenvalue weighted by molar-refractivity contribution is 9.10. The summed E-state index contributed by atoms with van der Waals surface area (Å²) in [6, 6.07) is 7.35. The third-order valence-electron chi connectivity index (χ3n) is 5.68. The van der Waals surface area contributed by atoms with Crippen LogP contribution in [-0.4, -0.2) is 9.25 Å². The first kappa shape index (κ1) is 12.8. The van der Waals surface area contributed by atoms with Crippen LogP contribution in [0.2, 0.25) is 0 Å². The number of rotatable bonds is 2. The maximum absolute atomic E-state index is 10.8. The molecule has 4 aliphatic carbocycles. The molecular weight excluding hydrogens is 318 g/mol. The molecule has 4 bridgehead atoms. The molecule has 0 heterocycles. The summed E-state index contributed by atoms with van der Waals surface area (Å²) in [5.74, 6) is 1.68. The number of nitro groups is 1. The number of alkyl halides is 1. The van der Waals surface area contributed by atoms with Gasteiger partial charge in [-0.25, -0.2) is 0 Å². The second kappa shape index (κ2) is 4.06. The largest absolute Gasteiger partial charge is 0.269 e. The zero-order valence-corrected chi connectivity index (χ0v) is 12.9. The Morgan fingerprint density at radius 1 is 1.10 bits per heavy atom. The van der Waals surface area contributed by atoms with E-state index in [1.165, 1.54) is 44.1 Å². The van der Waals surface area contributed by atoms with Gasteiger partial charge in [0.2, 0.25) is 0 Å². The normalized spacial score (nSPS) is 41.9. The lowest BCUT2D eigenvalue weighted by Crippen LogP contribution is -2.54. The Labute approximate surface area is 127 Å². The molecule has 0 saturated heterocycles. The summed E-state index contributed by atoms with van der Waals surface area (Å²) >= 11 is 4.02. The predicted octanol–water partition coefficient (Wildman–Crippen LogP) is 4.58. The molecule has 1 aromatic rings. The van der Waals surface area contributed by atoms with E-state index in [9.17, 15) is 10.1 Å². The van der Waals surface area contributed by atoms with Crippen LogP contribution >= 0.6 is 15.9 Å². The van der Waals surface area contributed by atoms with Crippen LogP contribution in [0.4, 0.5) is 5.69 Å². The molecule has 4 aliphatic rings. The van der Waals surface area contributed by atoms with Crippen molar-refractivity contribution in [2.75, 3.05) is 0 Å². The van der Waals surface area contributed by atoms with Crippen molar-refractivity contribution in [3.63, 3.8) is 0 Å². The van der Waals surface area contributed by atoms with Gasteiger partial charge in [0.25, 0.3) is 5.69 Å². The quantitative estimate of drug-likeness (QED) is 0.451. The van der Waals surface area contributed by atoms with Gasteiger partial charge in [-0.2, -0.15) is 0 Å². The lowest BCUT2D eigenvalue weighted by molar-refractivity contribution is -0.384. The van der Waals surface area contributed by atoms with Crippen LogP contribution in [0.5, 0.6) is 0 Å². The van der Waals surface area contributed by atoms with Gasteiger partial charge in [0.15, 0.2) is 0 Å². The standard InChI is InChI=1S/C16H18BrNO2/c17-16-8-11-5-12(9-16)7-15(6-11,10-16)13-1-3-14(4-2-13)18(19)20/h1-4,11-12H,5-10H2. The second-order valence-corrected chi connectivity index (χ2v) is 8.88. The molecule has 1 aromatic carbocycles. The van der Waals surface area contributed by atoms with E-state index < -0.39 is 0 Å². The SMILES string of the molecule is O=[N+]([O-])c1ccc(C23CC4CC(CC(Br)(C4)C2)C3)cc1. The van der Waals surface area contributed by atoms with Gasteiger partial charge in [-0.3, -0.25) is 10.1 Å². The zero-order valence-electron chi connectivity index (χ0n) is 11.3. The van der Waals surface area contributed by atoms with Crippen molar-refractivity contribution in [3.05, 3.63) is 39.9 Å². The lowest BCUT2D eigenvalue weighted by Gasteiger charge is -2.60. The van der Waals surface area contributed by atoms with Crippen molar-refractivity contribution >= 4 is 21.6 Å². The molecule has 0 aromatic heterocycles. The van der Waals surface area contributed by atoms with Gasteiger partial charge in [-0.1, -0.05) is 28.1 Å². The van der Waals surface area contributed by atoms with Crippen LogP contribution in [-0.2, 0) is 5.41 Å². The van der Waals surface area contributed by atoms with Gasteiger partial charge in [0, 0.05) is 16.5 Å². The first-order valence-electron chi connectivity index (χ1n) is 7.42. The van der Waals surface area contributed by atoms with E-state index >= 15 is 0 Å². The number of hydrogen-bond acceptors (Lipinski definition) is 2. The van der Waals surface area contributed by atoms with E-state index in [0.717, 1.165) is 11.8 Å². The highest BCUT2D eigenvalue weighted by Crippen LogP contribution is 2.64. The van der Waals surface area contributed by atoms with Crippen molar-refractivity contribution in [1.82, 2.24) is 0 Å². The number of nitro benzene ring substituents is 1. The number of halogens is 1. The Kier molecular flexibility index (Phi) is 2.60. The molecule has 3 nitrogen and oxygen atoms in total. The van der Waals surface area contributed by atoms with Gasteiger partial charge >= 0.3 is 0 Å². The minimum atomic E-state index is -0.310. The van der Waals surface area contributed by atoms with Crippen LogP contribution in [0.25, 0.3) is 0 Å². The fourth-order valence-electron chi connectivity index (χ4n) is 5.43. The van der Waals surface area contributed by atoms with Crippen LogP contribution in [0.3, 0.4) is 0 Å². The van der Waals surface area contributed by atoms with Crippen molar-refractivity contribution < 1.29 is 4.92 Å². The van der Waals surface area contributed by atoms with E-state index in [2.05, 4.69) is 15.9 Å². The first-order chi connectivity index (χ1) is 9.48. The van der Waals surface area contributed by atoms with Gasteiger partial charge in [-0.15, -0.1) is 0 Å². The van der Waals surface area contributed by atoms with Crippen LogP contribution in [0.1, 0.15) is 44.1 Å². The second-order valence-electron chi connectivity index (χ2n) is 7.20. The molecule has 2 unspecified atom stereocenters. The Bertz CT molecular complexity index is 554. The Morgan fingerprint density at radius 2 is 1.70 bits per heavy atom. The molecule has 2 atom stereocenters. The molecular formula is C16H18BrNO2. The molecule has 4 heteroatoms. The molecule has 0 N–H and O–H groups in total. The summed E-state index contributed by atoms with van der Waals surface area (Å²) in [7, 11) is 0. The summed E-state index contributed by atoms with van der Waals surface area (Å²) in [6.45, 7) is 0. The fraction of sp³-hybridized carbons (Fsp3) is 0.625. The molecule has 4 fully saturated rings. The fourth-order valence-corrected chi connectivity index (χ4v) is 6.88. The summed E-state index contributed by atoms with van der Waals surface area (Å²) in [6.07, 6.45) is 7.77. The molecule has 0 amide bonds. The zero-order chi connectivity index (χ0) is 14.0. The first-order valence-corrected chi connectivity index (χ1v) is 8.21. The Hall–Kier alpha value is -0.900. The minimum absolute atomic E-state index is 0.201. The van der Waals surface area contributed by atoms with Crippen molar-refractivity contribution in [2.24, 2.45) is 11.8 Å². The highest BCUT2D eigenvalue weighted by atomic mass is 79.9. The van der Waals surface area contributed by atoms with Gasteiger partial charge < -0.3 is 0 Å². The summed E-state index contributed by atoms with van der Waals surface area (Å²) in [5, 5.41) is 10.8. The molecule has 0 spiro atoms. The van der Waals surface area contributed by atoms with E-state index in [0.29, 0.717) is 4.32 Å². The number of non-ortho nitro benzene ring substituents is 1. The van der Waals surface area contributed by atoms with E-state index in [4.69, 9.17) is 0 Å².